The molecule has 0 aromatic heterocycles. The molecule has 0 bridgehead atoms. The number of hydrogen-bond donors (Lipinski definition) is 1. The fourth-order valence-corrected chi connectivity index (χ4v) is 2.74. The normalized spacial score (nSPS) is 22.4. The predicted molar refractivity (Wildman–Crippen MR) is 82.4 cm³/mol. The standard InChI is InChI=1S/C17H22F3NO3/c1-15(2,3)24-14(22)21-9-5-8-16(23,11-21)12-6-4-7-13(10-12)17(18,19)20/h4,6-7,10,23H,5,8-9,11H2,1-3H3. The fraction of sp³-hybridized carbons (Fsp3) is 0.588. The summed E-state index contributed by atoms with van der Waals surface area (Å²) < 4.78 is 43.9. The van der Waals surface area contributed by atoms with E-state index in [9.17, 15) is 23.1 Å². The molecule has 0 aliphatic carbocycles. The van der Waals surface area contributed by atoms with Crippen LogP contribution >= 0.6 is 0 Å². The molecule has 2 rings (SSSR count). The van der Waals surface area contributed by atoms with E-state index in [-0.39, 0.29) is 18.5 Å². The van der Waals surface area contributed by atoms with Crippen molar-refractivity contribution < 1.29 is 27.8 Å². The van der Waals surface area contributed by atoms with Crippen molar-refractivity contribution in [3.63, 3.8) is 0 Å². The minimum absolute atomic E-state index is 0.0940. The lowest BCUT2D eigenvalue weighted by molar-refractivity contribution is -0.137. The van der Waals surface area contributed by atoms with Gasteiger partial charge in [-0.1, -0.05) is 12.1 Å². The van der Waals surface area contributed by atoms with Crippen molar-refractivity contribution in [3.05, 3.63) is 35.4 Å². The van der Waals surface area contributed by atoms with Gasteiger partial charge in [-0.05, 0) is 51.3 Å². The number of alkyl halides is 3. The van der Waals surface area contributed by atoms with E-state index in [2.05, 4.69) is 0 Å². The summed E-state index contributed by atoms with van der Waals surface area (Å²) in [7, 11) is 0. The van der Waals surface area contributed by atoms with Crippen molar-refractivity contribution in [2.75, 3.05) is 13.1 Å². The number of aliphatic hydroxyl groups is 1. The topological polar surface area (TPSA) is 49.8 Å². The highest BCUT2D eigenvalue weighted by atomic mass is 19.4. The molecule has 1 atom stereocenters. The number of β-amino-alcohol motifs (C(OH)–C–C–N with tert-alkyl or cyclic N) is 1. The molecular formula is C17H22F3NO3. The van der Waals surface area contributed by atoms with Crippen LogP contribution in [0.4, 0.5) is 18.0 Å². The number of nitrogens with zero attached hydrogens (tertiary/aromatic N) is 1. The number of hydrogen-bond acceptors (Lipinski definition) is 3. The van der Waals surface area contributed by atoms with Crippen LogP contribution in [0, 0.1) is 0 Å². The summed E-state index contributed by atoms with van der Waals surface area (Å²) in [6, 6.07) is 4.62. The third-order valence-electron chi connectivity index (χ3n) is 3.85. The van der Waals surface area contributed by atoms with Crippen LogP contribution in [0.15, 0.2) is 24.3 Å². The van der Waals surface area contributed by atoms with Gasteiger partial charge in [0, 0.05) is 6.54 Å². The Hall–Kier alpha value is -1.76. The largest absolute Gasteiger partial charge is 0.444 e. The smallest absolute Gasteiger partial charge is 0.416 e. The Morgan fingerprint density at radius 3 is 2.54 bits per heavy atom. The highest BCUT2D eigenvalue weighted by molar-refractivity contribution is 5.68. The quantitative estimate of drug-likeness (QED) is 0.839. The van der Waals surface area contributed by atoms with E-state index in [1.165, 1.54) is 17.0 Å². The second-order valence-electron chi connectivity index (χ2n) is 7.12. The molecule has 1 aliphatic rings. The molecule has 0 saturated carbocycles. The second kappa shape index (κ2) is 6.27. The molecule has 0 spiro atoms. The van der Waals surface area contributed by atoms with Gasteiger partial charge >= 0.3 is 12.3 Å². The first-order valence-corrected chi connectivity index (χ1v) is 7.79. The van der Waals surface area contributed by atoms with E-state index in [0.29, 0.717) is 13.0 Å². The number of benzene rings is 1. The first kappa shape index (κ1) is 18.6. The maximum Gasteiger partial charge on any atom is 0.416 e. The van der Waals surface area contributed by atoms with Crippen LogP contribution in [0.1, 0.15) is 44.7 Å². The maximum absolute atomic E-state index is 12.9. The van der Waals surface area contributed by atoms with Gasteiger partial charge in [-0.15, -0.1) is 0 Å². The molecule has 1 fully saturated rings. The van der Waals surface area contributed by atoms with Crippen LogP contribution in [-0.2, 0) is 16.5 Å². The number of piperidine rings is 1. The Morgan fingerprint density at radius 2 is 1.96 bits per heavy atom. The maximum atomic E-state index is 12.9. The van der Waals surface area contributed by atoms with Crippen molar-refractivity contribution in [1.82, 2.24) is 4.90 Å². The van der Waals surface area contributed by atoms with E-state index >= 15 is 0 Å². The SMILES string of the molecule is CC(C)(C)OC(=O)N1CCCC(O)(c2cccc(C(F)(F)F)c2)C1. The number of likely N-dealkylation sites (tertiary alicyclic amines) is 1. The molecule has 24 heavy (non-hydrogen) atoms. The van der Waals surface area contributed by atoms with E-state index in [0.717, 1.165) is 12.1 Å². The Labute approximate surface area is 139 Å². The summed E-state index contributed by atoms with van der Waals surface area (Å²) in [6.07, 6.45) is -4.29. The third-order valence-corrected chi connectivity index (χ3v) is 3.85. The molecule has 4 nitrogen and oxygen atoms in total. The average Bonchev–Trinajstić information content (AvgIpc) is 2.45. The number of carbonyl (C=O) groups is 1. The molecular weight excluding hydrogens is 323 g/mol. The van der Waals surface area contributed by atoms with Gasteiger partial charge in [-0.25, -0.2) is 4.79 Å². The number of halogens is 3. The Morgan fingerprint density at radius 1 is 1.29 bits per heavy atom. The van der Waals surface area contributed by atoms with E-state index in [1.807, 2.05) is 0 Å². The zero-order chi connectivity index (χ0) is 18.2. The molecule has 7 heteroatoms. The van der Waals surface area contributed by atoms with Crippen molar-refractivity contribution in [1.29, 1.82) is 0 Å². The van der Waals surface area contributed by atoms with E-state index in [1.54, 1.807) is 20.8 Å². The lowest BCUT2D eigenvalue weighted by atomic mass is 9.85. The molecule has 1 aromatic rings. The zero-order valence-corrected chi connectivity index (χ0v) is 14.0. The van der Waals surface area contributed by atoms with Crippen LogP contribution in [0.2, 0.25) is 0 Å². The Bertz CT molecular complexity index is 610. The average molecular weight is 345 g/mol. The van der Waals surface area contributed by atoms with Crippen molar-refractivity contribution in [2.45, 2.75) is 51.0 Å². The van der Waals surface area contributed by atoms with Crippen LogP contribution in [-0.4, -0.2) is 34.8 Å². The molecule has 1 heterocycles. The number of amides is 1. The van der Waals surface area contributed by atoms with Crippen molar-refractivity contribution >= 4 is 6.09 Å². The highest BCUT2D eigenvalue weighted by Gasteiger charge is 2.39. The van der Waals surface area contributed by atoms with E-state index in [4.69, 9.17) is 4.74 Å². The number of ether oxygens (including phenoxy) is 1. The Kier molecular flexibility index (Phi) is 4.86. The first-order chi connectivity index (χ1) is 10.9. The molecule has 1 saturated heterocycles. The number of rotatable bonds is 1. The summed E-state index contributed by atoms with van der Waals surface area (Å²) in [5.74, 6) is 0. The van der Waals surface area contributed by atoms with Gasteiger partial charge in [0.1, 0.15) is 11.2 Å². The summed E-state index contributed by atoms with van der Waals surface area (Å²) >= 11 is 0. The number of carbonyl (C=O) groups excluding carboxylic acids is 1. The summed E-state index contributed by atoms with van der Waals surface area (Å²) in [6.45, 7) is 5.49. The lowest BCUT2D eigenvalue weighted by Gasteiger charge is -2.40. The van der Waals surface area contributed by atoms with Crippen molar-refractivity contribution in [3.8, 4) is 0 Å². The van der Waals surface area contributed by atoms with Gasteiger partial charge in [-0.2, -0.15) is 13.2 Å². The molecule has 1 amide bonds. The molecule has 1 N–H and O–H groups in total. The van der Waals surface area contributed by atoms with Crippen LogP contribution < -0.4 is 0 Å². The molecule has 0 radical (unpaired) electrons. The predicted octanol–water partition coefficient (Wildman–Crippen LogP) is 3.92. The minimum Gasteiger partial charge on any atom is -0.444 e. The van der Waals surface area contributed by atoms with E-state index < -0.39 is 29.0 Å². The van der Waals surface area contributed by atoms with Gasteiger partial charge in [0.25, 0.3) is 0 Å². The van der Waals surface area contributed by atoms with Gasteiger partial charge in [0.2, 0.25) is 0 Å². The van der Waals surface area contributed by atoms with Crippen LogP contribution in [0.3, 0.4) is 0 Å². The Balaban J connectivity index is 2.22. The van der Waals surface area contributed by atoms with Crippen molar-refractivity contribution in [2.24, 2.45) is 0 Å². The third kappa shape index (κ3) is 4.41. The summed E-state index contributed by atoms with van der Waals surface area (Å²) in [4.78, 5) is 13.5. The minimum atomic E-state index is -4.48. The lowest BCUT2D eigenvalue weighted by Crippen LogP contribution is -2.49. The van der Waals surface area contributed by atoms with Gasteiger partial charge in [0.05, 0.1) is 12.1 Å². The molecule has 1 aliphatic heterocycles. The fourth-order valence-electron chi connectivity index (χ4n) is 2.74. The van der Waals surface area contributed by atoms with Crippen LogP contribution in [0.5, 0.6) is 0 Å². The summed E-state index contributed by atoms with van der Waals surface area (Å²) in [5, 5.41) is 10.8. The van der Waals surface area contributed by atoms with Gasteiger partial charge < -0.3 is 14.7 Å². The monoisotopic (exact) mass is 345 g/mol. The van der Waals surface area contributed by atoms with Crippen LogP contribution in [0.25, 0.3) is 0 Å². The molecule has 1 unspecified atom stereocenters. The molecule has 134 valence electrons. The second-order valence-corrected chi connectivity index (χ2v) is 7.12. The van der Waals surface area contributed by atoms with Gasteiger partial charge in [-0.3, -0.25) is 0 Å². The summed E-state index contributed by atoms with van der Waals surface area (Å²) in [5.41, 5.74) is -2.85. The van der Waals surface area contributed by atoms with Gasteiger partial charge in [0.15, 0.2) is 0 Å². The highest BCUT2D eigenvalue weighted by Crippen LogP contribution is 2.36. The molecule has 1 aromatic carbocycles. The first-order valence-electron chi connectivity index (χ1n) is 7.79. The zero-order valence-electron chi connectivity index (χ0n) is 14.0.